The van der Waals surface area contributed by atoms with Gasteiger partial charge in [-0.3, -0.25) is 10.1 Å². The Morgan fingerprint density at radius 1 is 0.808 bits per heavy atom. The highest BCUT2D eigenvalue weighted by atomic mass is 16.3. The molecule has 0 radical (unpaired) electrons. The molecule has 0 unspecified atom stereocenters. The van der Waals surface area contributed by atoms with Crippen LogP contribution in [0.3, 0.4) is 0 Å². The number of benzene rings is 3. The fourth-order valence-corrected chi connectivity index (χ4v) is 3.28. The van der Waals surface area contributed by atoms with E-state index >= 15 is 0 Å². The van der Waals surface area contributed by atoms with Crippen LogP contribution in [0.1, 0.15) is 16.7 Å². The second kappa shape index (κ2) is 7.95. The van der Waals surface area contributed by atoms with Crippen molar-refractivity contribution in [3.63, 3.8) is 0 Å². The topological polar surface area (TPSA) is 75.4 Å². The van der Waals surface area contributed by atoms with E-state index < -0.39 is 17.5 Å². The Labute approximate surface area is 153 Å². The van der Waals surface area contributed by atoms with Gasteiger partial charge in [-0.2, -0.15) is 0 Å². The summed E-state index contributed by atoms with van der Waals surface area (Å²) in [5.74, 6) is -0.598. The summed E-state index contributed by atoms with van der Waals surface area (Å²) in [7, 11) is 0. The van der Waals surface area contributed by atoms with Crippen molar-refractivity contribution in [1.82, 2.24) is 5.32 Å². The third kappa shape index (κ3) is 3.38. The summed E-state index contributed by atoms with van der Waals surface area (Å²) >= 11 is 0. The minimum atomic E-state index is -0.893. The molecule has 4 nitrogen and oxygen atoms in total. The van der Waals surface area contributed by atoms with Crippen molar-refractivity contribution in [1.29, 1.82) is 0 Å². The molecule has 132 valence electrons. The van der Waals surface area contributed by atoms with Crippen LogP contribution in [-0.2, 0) is 10.3 Å². The first-order valence-electron chi connectivity index (χ1n) is 8.53. The number of nitrogens with two attached hydrogens (primary N) is 1. The van der Waals surface area contributed by atoms with E-state index in [4.69, 9.17) is 5.73 Å². The summed E-state index contributed by atoms with van der Waals surface area (Å²) in [6, 6.07) is 28.7. The number of nitrogens with one attached hydrogen (secondary N) is 1. The van der Waals surface area contributed by atoms with E-state index in [0.29, 0.717) is 0 Å². The first kappa shape index (κ1) is 17.9. The normalized spacial score (nSPS) is 12.5. The van der Waals surface area contributed by atoms with Crippen LogP contribution in [0.5, 0.6) is 0 Å². The van der Waals surface area contributed by atoms with Gasteiger partial charge in [0.15, 0.2) is 0 Å². The molecule has 0 aliphatic rings. The van der Waals surface area contributed by atoms with Gasteiger partial charge in [-0.1, -0.05) is 91.0 Å². The molecule has 0 spiro atoms. The van der Waals surface area contributed by atoms with Crippen molar-refractivity contribution in [2.45, 2.75) is 11.6 Å². The van der Waals surface area contributed by atoms with E-state index in [1.807, 2.05) is 91.0 Å². The molecule has 3 rings (SSSR count). The molecule has 0 aliphatic heterocycles. The number of aliphatic hydroxyl groups excluding tert-OH is 1. The second-order valence-corrected chi connectivity index (χ2v) is 6.13. The van der Waals surface area contributed by atoms with Gasteiger partial charge in [0.1, 0.15) is 6.04 Å². The molecule has 0 fully saturated rings. The Kier molecular flexibility index (Phi) is 5.46. The third-order valence-electron chi connectivity index (χ3n) is 4.54. The van der Waals surface area contributed by atoms with Gasteiger partial charge in [0.2, 0.25) is 5.91 Å². The molecule has 26 heavy (non-hydrogen) atoms. The largest absolute Gasteiger partial charge is 0.394 e. The molecule has 0 heterocycles. The predicted molar refractivity (Wildman–Crippen MR) is 102 cm³/mol. The zero-order valence-corrected chi connectivity index (χ0v) is 14.4. The van der Waals surface area contributed by atoms with Gasteiger partial charge in [0.05, 0.1) is 12.1 Å². The van der Waals surface area contributed by atoms with Gasteiger partial charge in [-0.05, 0) is 16.7 Å². The highest BCUT2D eigenvalue weighted by molar-refractivity contribution is 5.80. The van der Waals surface area contributed by atoms with Gasteiger partial charge in [-0.25, -0.2) is 0 Å². The average molecular weight is 346 g/mol. The summed E-state index contributed by atoms with van der Waals surface area (Å²) in [6.45, 7) is -0.385. The van der Waals surface area contributed by atoms with Crippen molar-refractivity contribution in [3.8, 4) is 0 Å². The zero-order valence-electron chi connectivity index (χ0n) is 14.4. The Hall–Kier alpha value is -2.95. The molecule has 1 amide bonds. The maximum atomic E-state index is 11.9. The van der Waals surface area contributed by atoms with Gasteiger partial charge < -0.3 is 10.8 Å². The fourth-order valence-electron chi connectivity index (χ4n) is 3.28. The van der Waals surface area contributed by atoms with Crippen LogP contribution in [0, 0.1) is 0 Å². The van der Waals surface area contributed by atoms with Crippen LogP contribution in [0.2, 0.25) is 0 Å². The SMILES string of the molecule is NC(=O)[C@@H](CO)NC(c1ccccc1)(c1ccccc1)c1ccccc1. The summed E-state index contributed by atoms with van der Waals surface area (Å²) in [6.07, 6.45) is 0. The standard InChI is InChI=1S/C22H22N2O2/c23-21(26)20(16-25)24-22(17-10-4-1-5-11-17,18-12-6-2-7-13-18)19-14-8-3-9-15-19/h1-15,20,24-25H,16H2,(H2,23,26)/t20-/m1/s1. The van der Waals surface area contributed by atoms with Gasteiger partial charge in [-0.15, -0.1) is 0 Å². The lowest BCUT2D eigenvalue weighted by atomic mass is 9.76. The molecule has 0 bridgehead atoms. The predicted octanol–water partition coefficient (Wildman–Crippen LogP) is 2.41. The molecule has 0 aliphatic carbocycles. The van der Waals surface area contributed by atoms with Crippen molar-refractivity contribution >= 4 is 5.91 Å². The molecule has 4 heteroatoms. The Bertz CT molecular complexity index is 739. The number of aliphatic hydroxyl groups is 1. The lowest BCUT2D eigenvalue weighted by Crippen LogP contribution is -2.55. The van der Waals surface area contributed by atoms with E-state index in [1.54, 1.807) is 0 Å². The van der Waals surface area contributed by atoms with Crippen LogP contribution < -0.4 is 11.1 Å². The lowest BCUT2D eigenvalue weighted by molar-refractivity contribution is -0.121. The fraction of sp³-hybridized carbons (Fsp3) is 0.136. The van der Waals surface area contributed by atoms with E-state index in [9.17, 15) is 9.90 Å². The van der Waals surface area contributed by atoms with Gasteiger partial charge in [0, 0.05) is 0 Å². The molecule has 4 N–H and O–H groups in total. The molecule has 3 aromatic rings. The van der Waals surface area contributed by atoms with Crippen molar-refractivity contribution in [2.24, 2.45) is 5.73 Å². The maximum absolute atomic E-state index is 11.9. The zero-order chi connectivity index (χ0) is 18.4. The molecule has 0 saturated carbocycles. The van der Waals surface area contributed by atoms with Crippen LogP contribution in [0.4, 0.5) is 0 Å². The second-order valence-electron chi connectivity index (χ2n) is 6.13. The van der Waals surface area contributed by atoms with Crippen LogP contribution in [-0.4, -0.2) is 23.7 Å². The molecule has 3 aromatic carbocycles. The number of hydrogen-bond donors (Lipinski definition) is 3. The minimum absolute atomic E-state index is 0.385. The third-order valence-corrected chi connectivity index (χ3v) is 4.54. The van der Waals surface area contributed by atoms with E-state index in [-0.39, 0.29) is 6.61 Å². The Balaban J connectivity index is 2.29. The molecule has 0 aromatic heterocycles. The average Bonchev–Trinajstić information content (AvgIpc) is 2.71. The minimum Gasteiger partial charge on any atom is -0.394 e. The summed E-state index contributed by atoms with van der Waals surface area (Å²) < 4.78 is 0. The lowest BCUT2D eigenvalue weighted by Gasteiger charge is -2.39. The number of carbonyl (C=O) groups excluding carboxylic acids is 1. The van der Waals surface area contributed by atoms with E-state index in [0.717, 1.165) is 16.7 Å². The summed E-state index contributed by atoms with van der Waals surface area (Å²) in [5, 5.41) is 13.1. The summed E-state index contributed by atoms with van der Waals surface area (Å²) in [5.41, 5.74) is 7.57. The maximum Gasteiger partial charge on any atom is 0.236 e. The van der Waals surface area contributed by atoms with Crippen molar-refractivity contribution in [3.05, 3.63) is 108 Å². The number of carbonyl (C=O) groups is 1. The Morgan fingerprint density at radius 2 is 1.15 bits per heavy atom. The van der Waals surface area contributed by atoms with Gasteiger partial charge >= 0.3 is 0 Å². The van der Waals surface area contributed by atoms with Crippen LogP contribution in [0.25, 0.3) is 0 Å². The molecule has 1 atom stereocenters. The number of primary amides is 1. The monoisotopic (exact) mass is 346 g/mol. The first-order valence-corrected chi connectivity index (χ1v) is 8.53. The summed E-state index contributed by atoms with van der Waals surface area (Å²) in [4.78, 5) is 11.9. The van der Waals surface area contributed by atoms with Crippen molar-refractivity contribution in [2.75, 3.05) is 6.61 Å². The highest BCUT2D eigenvalue weighted by Gasteiger charge is 2.39. The molecular formula is C22H22N2O2. The van der Waals surface area contributed by atoms with Gasteiger partial charge in [0.25, 0.3) is 0 Å². The molecule has 0 saturated heterocycles. The number of hydrogen-bond acceptors (Lipinski definition) is 3. The quantitative estimate of drug-likeness (QED) is 0.575. The van der Waals surface area contributed by atoms with E-state index in [1.165, 1.54) is 0 Å². The number of rotatable bonds is 7. The number of amides is 1. The Morgan fingerprint density at radius 3 is 1.42 bits per heavy atom. The van der Waals surface area contributed by atoms with Crippen molar-refractivity contribution < 1.29 is 9.90 Å². The van der Waals surface area contributed by atoms with Crippen LogP contribution >= 0.6 is 0 Å². The van der Waals surface area contributed by atoms with Crippen LogP contribution in [0.15, 0.2) is 91.0 Å². The smallest absolute Gasteiger partial charge is 0.236 e. The van der Waals surface area contributed by atoms with E-state index in [2.05, 4.69) is 5.32 Å². The highest BCUT2D eigenvalue weighted by Crippen LogP contribution is 2.37. The first-order chi connectivity index (χ1) is 12.7. The molecular weight excluding hydrogens is 324 g/mol.